The summed E-state index contributed by atoms with van der Waals surface area (Å²) in [5.41, 5.74) is 1.00. The van der Waals surface area contributed by atoms with E-state index in [2.05, 4.69) is 5.32 Å². The molecule has 0 aliphatic heterocycles. The van der Waals surface area contributed by atoms with Crippen molar-refractivity contribution in [3.8, 4) is 0 Å². The summed E-state index contributed by atoms with van der Waals surface area (Å²) in [6.45, 7) is 0.514. The van der Waals surface area contributed by atoms with E-state index in [1.807, 2.05) is 12.1 Å². The van der Waals surface area contributed by atoms with E-state index < -0.39 is 10.8 Å². The summed E-state index contributed by atoms with van der Waals surface area (Å²) in [7, 11) is -0.933. The maximum absolute atomic E-state index is 11.0. The van der Waals surface area contributed by atoms with Crippen molar-refractivity contribution in [2.75, 3.05) is 6.26 Å². The first-order valence-electron chi connectivity index (χ1n) is 3.83. The monoisotopic (exact) mass is 197 g/mol. The van der Waals surface area contributed by atoms with Gasteiger partial charge >= 0.3 is 0 Å². The number of rotatable bonds is 4. The van der Waals surface area contributed by atoms with Gasteiger partial charge in [0, 0.05) is 28.5 Å². The Labute approximate surface area is 79.6 Å². The summed E-state index contributed by atoms with van der Waals surface area (Å²) < 4.78 is 11.0. The fourth-order valence-electron chi connectivity index (χ4n) is 0.958. The predicted octanol–water partition coefficient (Wildman–Crippen LogP) is 0.670. The minimum Gasteiger partial charge on any atom is -0.355 e. The second-order valence-corrected chi connectivity index (χ2v) is 3.98. The molecule has 0 fully saturated rings. The van der Waals surface area contributed by atoms with Crippen LogP contribution in [0.4, 0.5) is 0 Å². The van der Waals surface area contributed by atoms with Crippen LogP contribution in [0.3, 0.4) is 0 Å². The molecule has 0 spiro atoms. The normalized spacial score (nSPS) is 12.1. The van der Waals surface area contributed by atoms with Crippen LogP contribution in [0, 0.1) is 0 Å². The van der Waals surface area contributed by atoms with Gasteiger partial charge in [-0.05, 0) is 17.7 Å². The van der Waals surface area contributed by atoms with Crippen molar-refractivity contribution in [2.45, 2.75) is 11.4 Å². The van der Waals surface area contributed by atoms with Crippen LogP contribution in [0.25, 0.3) is 0 Å². The summed E-state index contributed by atoms with van der Waals surface area (Å²) in [5.74, 6) is 0. The number of carbonyl (C=O) groups excluding carboxylic acids is 1. The van der Waals surface area contributed by atoms with Crippen molar-refractivity contribution >= 4 is 17.2 Å². The highest BCUT2D eigenvalue weighted by Crippen LogP contribution is 2.06. The molecular formula is C9H11NO2S. The molecule has 0 heterocycles. The van der Waals surface area contributed by atoms with E-state index in [4.69, 9.17) is 0 Å². The lowest BCUT2D eigenvalue weighted by Crippen LogP contribution is -2.09. The highest BCUT2D eigenvalue weighted by molar-refractivity contribution is 7.84. The average molecular weight is 197 g/mol. The molecule has 1 aromatic carbocycles. The SMILES string of the molecule is CS(=O)c1ccc(CNC=O)cc1. The molecule has 0 aliphatic rings. The maximum Gasteiger partial charge on any atom is 0.207 e. The number of benzene rings is 1. The average Bonchev–Trinajstić information content (AvgIpc) is 2.15. The van der Waals surface area contributed by atoms with E-state index in [-0.39, 0.29) is 0 Å². The van der Waals surface area contributed by atoms with Crippen molar-refractivity contribution in [2.24, 2.45) is 0 Å². The third-order valence-electron chi connectivity index (χ3n) is 1.64. The van der Waals surface area contributed by atoms with E-state index in [0.717, 1.165) is 10.5 Å². The van der Waals surface area contributed by atoms with Gasteiger partial charge in [0.15, 0.2) is 0 Å². The molecule has 1 amide bonds. The standard InChI is InChI=1S/C9H11NO2S/c1-13(12)9-4-2-8(3-5-9)6-10-7-11/h2-5,7H,6H2,1H3,(H,10,11). The van der Waals surface area contributed by atoms with Crippen molar-refractivity contribution in [3.05, 3.63) is 29.8 Å². The van der Waals surface area contributed by atoms with E-state index >= 15 is 0 Å². The number of hydrogen-bond acceptors (Lipinski definition) is 2. The number of amides is 1. The van der Waals surface area contributed by atoms with Crippen molar-refractivity contribution in [3.63, 3.8) is 0 Å². The van der Waals surface area contributed by atoms with Crippen LogP contribution in [0.5, 0.6) is 0 Å². The van der Waals surface area contributed by atoms with Gasteiger partial charge in [-0.1, -0.05) is 12.1 Å². The Morgan fingerprint density at radius 1 is 1.38 bits per heavy atom. The molecular weight excluding hydrogens is 186 g/mol. The Bertz CT molecular complexity index is 308. The third-order valence-corrected chi connectivity index (χ3v) is 2.58. The van der Waals surface area contributed by atoms with Gasteiger partial charge in [-0.25, -0.2) is 0 Å². The summed E-state index contributed by atoms with van der Waals surface area (Å²) in [6.07, 6.45) is 2.30. The lowest BCUT2D eigenvalue weighted by Gasteiger charge is -2.00. The zero-order valence-electron chi connectivity index (χ0n) is 7.32. The summed E-state index contributed by atoms with van der Waals surface area (Å²) >= 11 is 0. The number of nitrogens with one attached hydrogen (secondary N) is 1. The summed E-state index contributed by atoms with van der Waals surface area (Å²) in [6, 6.07) is 7.32. The molecule has 0 saturated carbocycles. The van der Waals surface area contributed by atoms with Gasteiger partial charge in [0.05, 0.1) is 0 Å². The highest BCUT2D eigenvalue weighted by Gasteiger charge is 1.96. The van der Waals surface area contributed by atoms with Crippen LogP contribution in [-0.2, 0) is 22.1 Å². The van der Waals surface area contributed by atoms with Gasteiger partial charge in [-0.15, -0.1) is 0 Å². The first kappa shape index (κ1) is 9.92. The molecule has 0 saturated heterocycles. The largest absolute Gasteiger partial charge is 0.355 e. The van der Waals surface area contributed by atoms with E-state index in [1.165, 1.54) is 0 Å². The molecule has 0 radical (unpaired) electrons. The Morgan fingerprint density at radius 2 is 2.00 bits per heavy atom. The summed E-state index contributed by atoms with van der Waals surface area (Å²) in [4.78, 5) is 10.8. The van der Waals surface area contributed by atoms with E-state index in [9.17, 15) is 9.00 Å². The van der Waals surface area contributed by atoms with Crippen LogP contribution in [0.15, 0.2) is 29.2 Å². The third kappa shape index (κ3) is 2.99. The molecule has 1 atom stereocenters. The van der Waals surface area contributed by atoms with Crippen LogP contribution in [0.2, 0.25) is 0 Å². The van der Waals surface area contributed by atoms with Crippen molar-refractivity contribution < 1.29 is 9.00 Å². The molecule has 1 rings (SSSR count). The van der Waals surface area contributed by atoms with Gasteiger partial charge in [-0.3, -0.25) is 9.00 Å². The first-order chi connectivity index (χ1) is 6.24. The van der Waals surface area contributed by atoms with Gasteiger partial charge in [-0.2, -0.15) is 0 Å². The fraction of sp³-hybridized carbons (Fsp3) is 0.222. The molecule has 0 bridgehead atoms. The molecule has 3 nitrogen and oxygen atoms in total. The second-order valence-electron chi connectivity index (χ2n) is 2.60. The molecule has 70 valence electrons. The van der Waals surface area contributed by atoms with Gasteiger partial charge in [0.1, 0.15) is 0 Å². The zero-order valence-corrected chi connectivity index (χ0v) is 8.14. The van der Waals surface area contributed by atoms with Crippen LogP contribution >= 0.6 is 0 Å². The summed E-state index contributed by atoms with van der Waals surface area (Å²) in [5, 5.41) is 2.56. The lowest BCUT2D eigenvalue weighted by molar-refractivity contribution is -0.109. The minimum absolute atomic E-state index is 0.514. The predicted molar refractivity (Wildman–Crippen MR) is 51.7 cm³/mol. The van der Waals surface area contributed by atoms with Crippen LogP contribution in [-0.4, -0.2) is 16.9 Å². The van der Waals surface area contributed by atoms with Crippen LogP contribution < -0.4 is 5.32 Å². The van der Waals surface area contributed by atoms with Crippen molar-refractivity contribution in [1.29, 1.82) is 0 Å². The topological polar surface area (TPSA) is 46.2 Å². The van der Waals surface area contributed by atoms with Gasteiger partial charge < -0.3 is 5.32 Å². The van der Waals surface area contributed by atoms with E-state index in [1.54, 1.807) is 18.4 Å². The molecule has 1 N–H and O–H groups in total. The molecule has 4 heteroatoms. The van der Waals surface area contributed by atoms with Crippen molar-refractivity contribution in [1.82, 2.24) is 5.32 Å². The highest BCUT2D eigenvalue weighted by atomic mass is 32.2. The Kier molecular flexibility index (Phi) is 3.64. The Morgan fingerprint density at radius 3 is 2.46 bits per heavy atom. The molecule has 1 unspecified atom stereocenters. The fourth-order valence-corrected chi connectivity index (χ4v) is 1.48. The van der Waals surface area contributed by atoms with Crippen LogP contribution in [0.1, 0.15) is 5.56 Å². The second kappa shape index (κ2) is 4.77. The Balaban J connectivity index is 2.69. The quantitative estimate of drug-likeness (QED) is 0.721. The lowest BCUT2D eigenvalue weighted by atomic mass is 10.2. The first-order valence-corrected chi connectivity index (χ1v) is 5.39. The maximum atomic E-state index is 11.0. The molecule has 0 aromatic heterocycles. The smallest absolute Gasteiger partial charge is 0.207 e. The van der Waals surface area contributed by atoms with E-state index in [0.29, 0.717) is 13.0 Å². The Hall–Kier alpha value is -1.16. The van der Waals surface area contributed by atoms with Gasteiger partial charge in [0.25, 0.3) is 0 Å². The molecule has 13 heavy (non-hydrogen) atoms. The molecule has 1 aromatic rings. The zero-order chi connectivity index (χ0) is 9.68. The number of hydrogen-bond donors (Lipinski definition) is 1. The van der Waals surface area contributed by atoms with Gasteiger partial charge in [0.2, 0.25) is 6.41 Å². The molecule has 0 aliphatic carbocycles. The minimum atomic E-state index is -0.933. The number of carbonyl (C=O) groups is 1.